The maximum absolute atomic E-state index is 12.3. The van der Waals surface area contributed by atoms with Crippen LogP contribution >= 0.6 is 0 Å². The van der Waals surface area contributed by atoms with Crippen molar-refractivity contribution >= 4 is 5.82 Å². The van der Waals surface area contributed by atoms with E-state index in [1.807, 2.05) is 25.1 Å². The van der Waals surface area contributed by atoms with Crippen LogP contribution in [0.15, 0.2) is 53.2 Å². The first-order chi connectivity index (χ1) is 14.8. The molecule has 0 spiro atoms. The normalized spacial score (nSPS) is 11.5. The summed E-state index contributed by atoms with van der Waals surface area (Å²) in [5.41, 5.74) is 2.84. The van der Waals surface area contributed by atoms with E-state index in [0.29, 0.717) is 17.8 Å². The third-order valence-corrected chi connectivity index (χ3v) is 4.39. The maximum Gasteiger partial charge on any atom is 0.573 e. The van der Waals surface area contributed by atoms with E-state index in [-0.39, 0.29) is 17.5 Å². The number of ether oxygens (including phenoxy) is 1. The van der Waals surface area contributed by atoms with Crippen molar-refractivity contribution in [2.75, 3.05) is 12.4 Å². The van der Waals surface area contributed by atoms with Crippen LogP contribution in [0.2, 0.25) is 0 Å². The van der Waals surface area contributed by atoms with E-state index in [0.717, 1.165) is 17.1 Å². The molecule has 4 aromatic rings. The van der Waals surface area contributed by atoms with Crippen LogP contribution < -0.4 is 10.1 Å². The lowest BCUT2D eigenvalue weighted by Gasteiger charge is -2.08. The number of halogens is 3. The molecule has 0 amide bonds. The third kappa shape index (κ3) is 4.82. The van der Waals surface area contributed by atoms with Gasteiger partial charge in [0.25, 0.3) is 5.89 Å². The molecule has 0 aliphatic heterocycles. The van der Waals surface area contributed by atoms with Gasteiger partial charge in [-0.15, -0.1) is 13.2 Å². The molecule has 0 atom stereocenters. The fourth-order valence-corrected chi connectivity index (χ4v) is 2.86. The Kier molecular flexibility index (Phi) is 5.32. The molecule has 0 aliphatic carbocycles. The number of rotatable bonds is 6. The summed E-state index contributed by atoms with van der Waals surface area (Å²) in [5, 5.41) is 11.4. The topological polar surface area (TPSA) is 90.9 Å². The largest absolute Gasteiger partial charge is 0.573 e. The van der Waals surface area contributed by atoms with E-state index in [1.165, 1.54) is 24.3 Å². The van der Waals surface area contributed by atoms with Crippen LogP contribution in [0.3, 0.4) is 0 Å². The van der Waals surface area contributed by atoms with E-state index in [2.05, 4.69) is 30.3 Å². The highest BCUT2D eigenvalue weighted by Crippen LogP contribution is 2.27. The zero-order valence-electron chi connectivity index (χ0n) is 16.5. The molecule has 31 heavy (non-hydrogen) atoms. The minimum Gasteiger partial charge on any atom is -0.406 e. The zero-order valence-corrected chi connectivity index (χ0v) is 16.5. The Morgan fingerprint density at radius 2 is 1.90 bits per heavy atom. The van der Waals surface area contributed by atoms with E-state index in [4.69, 9.17) is 4.52 Å². The number of nitrogens with one attached hydrogen (secondary N) is 1. The number of pyridine rings is 1. The molecular weight excluding hydrogens is 413 g/mol. The highest BCUT2D eigenvalue weighted by molar-refractivity contribution is 5.59. The Hall–Kier alpha value is -3.89. The predicted molar refractivity (Wildman–Crippen MR) is 105 cm³/mol. The summed E-state index contributed by atoms with van der Waals surface area (Å²) < 4.78 is 47.8. The van der Waals surface area contributed by atoms with Crippen molar-refractivity contribution in [2.45, 2.75) is 19.8 Å². The summed E-state index contributed by atoms with van der Waals surface area (Å²) in [4.78, 5) is 8.59. The van der Waals surface area contributed by atoms with Crippen molar-refractivity contribution in [3.05, 3.63) is 59.9 Å². The molecule has 0 bridgehead atoms. The van der Waals surface area contributed by atoms with Crippen molar-refractivity contribution in [3.8, 4) is 28.7 Å². The minimum absolute atomic E-state index is 0.205. The van der Waals surface area contributed by atoms with Crippen LogP contribution in [-0.4, -0.2) is 38.3 Å². The number of alkyl halides is 3. The molecular formula is C20H17F3N6O2. The van der Waals surface area contributed by atoms with Crippen molar-refractivity contribution in [2.24, 2.45) is 0 Å². The molecule has 0 fully saturated rings. The lowest BCUT2D eigenvalue weighted by molar-refractivity contribution is -0.274. The van der Waals surface area contributed by atoms with Crippen LogP contribution in [0.25, 0.3) is 23.0 Å². The lowest BCUT2D eigenvalue weighted by atomic mass is 10.2. The average Bonchev–Trinajstić information content (AvgIpc) is 3.35. The second-order valence-electron chi connectivity index (χ2n) is 6.63. The van der Waals surface area contributed by atoms with Crippen molar-refractivity contribution in [1.29, 1.82) is 0 Å². The Morgan fingerprint density at radius 1 is 1.13 bits per heavy atom. The number of aryl methyl sites for hydroxylation is 1. The van der Waals surface area contributed by atoms with Gasteiger partial charge in [0.2, 0.25) is 5.82 Å². The standard InChI is InChI=1S/C20H17F3N6O2/c1-12-9-16(27-29(12)11-13-3-8-17(24-2)25-10-13)19-26-18(28-31-19)14-4-6-15(7-5-14)30-20(21,22)23/h3-10H,11H2,1-2H3,(H,24,25). The van der Waals surface area contributed by atoms with Crippen LogP contribution in [0.5, 0.6) is 5.75 Å². The number of benzene rings is 1. The highest BCUT2D eigenvalue weighted by Gasteiger charge is 2.31. The summed E-state index contributed by atoms with van der Waals surface area (Å²) in [6, 6.07) is 10.9. The fraction of sp³-hybridized carbons (Fsp3) is 0.200. The predicted octanol–water partition coefficient (Wildman–Crippen LogP) is 4.29. The van der Waals surface area contributed by atoms with Gasteiger partial charge >= 0.3 is 6.36 Å². The highest BCUT2D eigenvalue weighted by atomic mass is 19.4. The molecule has 8 nitrogen and oxygen atoms in total. The summed E-state index contributed by atoms with van der Waals surface area (Å²) in [7, 11) is 1.80. The number of nitrogens with zero attached hydrogens (tertiary/aromatic N) is 5. The molecule has 3 heterocycles. The van der Waals surface area contributed by atoms with Gasteiger partial charge in [-0.3, -0.25) is 4.68 Å². The van der Waals surface area contributed by atoms with Gasteiger partial charge in [0.15, 0.2) is 5.69 Å². The first kappa shape index (κ1) is 20.4. The Balaban J connectivity index is 1.50. The molecule has 160 valence electrons. The van der Waals surface area contributed by atoms with Crippen LogP contribution in [-0.2, 0) is 6.54 Å². The summed E-state index contributed by atoms with van der Waals surface area (Å²) in [5.74, 6) is 0.883. The van der Waals surface area contributed by atoms with Crippen molar-refractivity contribution in [1.82, 2.24) is 24.9 Å². The van der Waals surface area contributed by atoms with E-state index in [9.17, 15) is 13.2 Å². The minimum atomic E-state index is -4.75. The van der Waals surface area contributed by atoms with Gasteiger partial charge < -0.3 is 14.6 Å². The van der Waals surface area contributed by atoms with Gasteiger partial charge in [-0.1, -0.05) is 11.2 Å². The molecule has 3 aromatic heterocycles. The Labute approximate surface area is 174 Å². The first-order valence-electron chi connectivity index (χ1n) is 9.18. The van der Waals surface area contributed by atoms with E-state index >= 15 is 0 Å². The second-order valence-corrected chi connectivity index (χ2v) is 6.63. The molecule has 0 aliphatic rings. The van der Waals surface area contributed by atoms with Gasteiger partial charge in [-0.05, 0) is 48.9 Å². The smallest absolute Gasteiger partial charge is 0.406 e. The number of hydrogen-bond donors (Lipinski definition) is 1. The quantitative estimate of drug-likeness (QED) is 0.488. The monoisotopic (exact) mass is 430 g/mol. The molecule has 1 aromatic carbocycles. The molecule has 0 saturated carbocycles. The fourth-order valence-electron chi connectivity index (χ4n) is 2.86. The van der Waals surface area contributed by atoms with Crippen molar-refractivity contribution < 1.29 is 22.4 Å². The lowest BCUT2D eigenvalue weighted by Crippen LogP contribution is -2.16. The van der Waals surface area contributed by atoms with Gasteiger partial charge in [-0.25, -0.2) is 4.98 Å². The van der Waals surface area contributed by atoms with E-state index < -0.39 is 6.36 Å². The van der Waals surface area contributed by atoms with Gasteiger partial charge in [-0.2, -0.15) is 10.1 Å². The molecule has 4 rings (SSSR count). The van der Waals surface area contributed by atoms with Crippen LogP contribution in [0.1, 0.15) is 11.3 Å². The zero-order chi connectivity index (χ0) is 22.0. The van der Waals surface area contributed by atoms with Crippen LogP contribution in [0, 0.1) is 6.92 Å². The number of hydrogen-bond acceptors (Lipinski definition) is 7. The number of anilines is 1. The molecule has 1 N–H and O–H groups in total. The van der Waals surface area contributed by atoms with Crippen LogP contribution in [0.4, 0.5) is 19.0 Å². The first-order valence-corrected chi connectivity index (χ1v) is 9.18. The second kappa shape index (κ2) is 8.09. The molecule has 0 unspecified atom stereocenters. The van der Waals surface area contributed by atoms with Gasteiger partial charge in [0, 0.05) is 24.5 Å². The van der Waals surface area contributed by atoms with Crippen molar-refractivity contribution in [3.63, 3.8) is 0 Å². The molecule has 0 saturated heterocycles. The van der Waals surface area contributed by atoms with Gasteiger partial charge in [0.05, 0.1) is 6.54 Å². The molecule has 11 heteroatoms. The summed E-state index contributed by atoms with van der Waals surface area (Å²) >= 11 is 0. The maximum atomic E-state index is 12.3. The van der Waals surface area contributed by atoms with E-state index in [1.54, 1.807) is 17.9 Å². The number of aromatic nitrogens is 5. The summed E-state index contributed by atoms with van der Waals surface area (Å²) in [6.07, 6.45) is -2.98. The average molecular weight is 430 g/mol. The Bertz CT molecular complexity index is 1170. The SMILES string of the molecule is CNc1ccc(Cn2nc(-c3nc(-c4ccc(OC(F)(F)F)cc4)no3)cc2C)cn1. The summed E-state index contributed by atoms with van der Waals surface area (Å²) in [6.45, 7) is 2.42. The van der Waals surface area contributed by atoms with Gasteiger partial charge in [0.1, 0.15) is 11.6 Å². The third-order valence-electron chi connectivity index (χ3n) is 4.39. The Morgan fingerprint density at radius 3 is 2.55 bits per heavy atom. The molecule has 0 radical (unpaired) electrons.